The third-order valence-electron chi connectivity index (χ3n) is 3.77. The number of amides is 1. The van der Waals surface area contributed by atoms with E-state index in [0.29, 0.717) is 6.54 Å². The molecule has 0 saturated heterocycles. The average molecular weight is 228 g/mol. The van der Waals surface area contributed by atoms with Gasteiger partial charge in [0.2, 0.25) is 5.91 Å². The average Bonchev–Trinajstić information content (AvgIpc) is 2.28. The van der Waals surface area contributed by atoms with E-state index in [4.69, 9.17) is 5.73 Å². The highest BCUT2D eigenvalue weighted by Gasteiger charge is 2.34. The van der Waals surface area contributed by atoms with Gasteiger partial charge in [-0.1, -0.05) is 19.3 Å². The van der Waals surface area contributed by atoms with Gasteiger partial charge < -0.3 is 16.2 Å². The number of carbonyl (C=O) groups is 1. The van der Waals surface area contributed by atoms with Crippen molar-refractivity contribution in [2.45, 2.75) is 51.5 Å². The van der Waals surface area contributed by atoms with E-state index in [9.17, 15) is 9.90 Å². The van der Waals surface area contributed by atoms with Crippen LogP contribution in [0.5, 0.6) is 0 Å². The van der Waals surface area contributed by atoms with E-state index in [2.05, 4.69) is 5.32 Å². The summed E-state index contributed by atoms with van der Waals surface area (Å²) in [4.78, 5) is 11.2. The number of aliphatic hydroxyl groups is 1. The Labute approximate surface area is 97.6 Å². The number of primary amides is 1. The molecule has 16 heavy (non-hydrogen) atoms. The van der Waals surface area contributed by atoms with Gasteiger partial charge in [0, 0.05) is 18.6 Å². The van der Waals surface area contributed by atoms with Crippen molar-refractivity contribution in [1.82, 2.24) is 5.32 Å². The summed E-state index contributed by atoms with van der Waals surface area (Å²) in [6, 6.07) is 0. The molecular weight excluding hydrogens is 204 g/mol. The van der Waals surface area contributed by atoms with Crippen LogP contribution in [0.15, 0.2) is 0 Å². The Morgan fingerprint density at radius 2 is 1.94 bits per heavy atom. The maximum Gasteiger partial charge on any atom is 0.237 e. The summed E-state index contributed by atoms with van der Waals surface area (Å²) in [5.74, 6) is -0.351. The number of hydrogen-bond donors (Lipinski definition) is 3. The zero-order valence-electron chi connectivity index (χ0n) is 10.4. The van der Waals surface area contributed by atoms with Crippen LogP contribution in [0.4, 0.5) is 0 Å². The van der Waals surface area contributed by atoms with Crippen molar-refractivity contribution in [2.75, 3.05) is 13.2 Å². The SMILES string of the molecule is CC(C)(NCC1(CO)CCCCC1)C(N)=O. The van der Waals surface area contributed by atoms with Gasteiger partial charge in [0.1, 0.15) is 0 Å². The van der Waals surface area contributed by atoms with Crippen LogP contribution in [-0.4, -0.2) is 29.7 Å². The van der Waals surface area contributed by atoms with Crippen molar-refractivity contribution in [3.8, 4) is 0 Å². The lowest BCUT2D eigenvalue weighted by atomic mass is 9.74. The summed E-state index contributed by atoms with van der Waals surface area (Å²) in [5, 5.41) is 12.7. The second-order valence-corrected chi connectivity index (χ2v) is 5.56. The van der Waals surface area contributed by atoms with Crippen LogP contribution in [0.25, 0.3) is 0 Å². The molecule has 1 aliphatic rings. The molecule has 0 aromatic carbocycles. The normalized spacial score (nSPS) is 20.7. The molecule has 1 rings (SSSR count). The second-order valence-electron chi connectivity index (χ2n) is 5.56. The first-order valence-electron chi connectivity index (χ1n) is 6.08. The van der Waals surface area contributed by atoms with Gasteiger partial charge in [0.25, 0.3) is 0 Å². The lowest BCUT2D eigenvalue weighted by molar-refractivity contribution is -0.123. The lowest BCUT2D eigenvalue weighted by Gasteiger charge is -2.38. The van der Waals surface area contributed by atoms with Gasteiger partial charge in [-0.2, -0.15) is 0 Å². The predicted octanol–water partition coefficient (Wildman–Crippen LogP) is 0.783. The topological polar surface area (TPSA) is 75.3 Å². The van der Waals surface area contributed by atoms with E-state index in [1.165, 1.54) is 19.3 Å². The van der Waals surface area contributed by atoms with Gasteiger partial charge in [-0.05, 0) is 26.7 Å². The van der Waals surface area contributed by atoms with Gasteiger partial charge in [0.15, 0.2) is 0 Å². The minimum Gasteiger partial charge on any atom is -0.396 e. The summed E-state index contributed by atoms with van der Waals surface area (Å²) in [5.41, 5.74) is 4.56. The van der Waals surface area contributed by atoms with Gasteiger partial charge in [0.05, 0.1) is 5.54 Å². The second kappa shape index (κ2) is 5.15. The monoisotopic (exact) mass is 228 g/mol. The fourth-order valence-corrected chi connectivity index (χ4v) is 2.19. The molecule has 4 N–H and O–H groups in total. The van der Waals surface area contributed by atoms with Crippen molar-refractivity contribution in [2.24, 2.45) is 11.1 Å². The number of nitrogens with one attached hydrogen (secondary N) is 1. The maximum absolute atomic E-state index is 11.2. The number of aliphatic hydroxyl groups excluding tert-OH is 1. The van der Waals surface area contributed by atoms with Crippen molar-refractivity contribution < 1.29 is 9.90 Å². The zero-order chi connectivity index (χ0) is 12.2. The molecule has 1 saturated carbocycles. The van der Waals surface area contributed by atoms with Crippen molar-refractivity contribution in [3.05, 3.63) is 0 Å². The zero-order valence-corrected chi connectivity index (χ0v) is 10.4. The van der Waals surface area contributed by atoms with Gasteiger partial charge in [-0.3, -0.25) is 4.79 Å². The molecule has 0 aromatic rings. The van der Waals surface area contributed by atoms with E-state index in [1.807, 2.05) is 0 Å². The van der Waals surface area contributed by atoms with Crippen LogP contribution in [0.3, 0.4) is 0 Å². The van der Waals surface area contributed by atoms with Crippen LogP contribution < -0.4 is 11.1 Å². The van der Waals surface area contributed by atoms with Crippen molar-refractivity contribution >= 4 is 5.91 Å². The first-order chi connectivity index (χ1) is 7.42. The number of carbonyl (C=O) groups excluding carboxylic acids is 1. The quantitative estimate of drug-likeness (QED) is 0.651. The van der Waals surface area contributed by atoms with Gasteiger partial charge in [-0.25, -0.2) is 0 Å². The van der Waals surface area contributed by atoms with Gasteiger partial charge in [-0.15, -0.1) is 0 Å². The Balaban J connectivity index is 2.54. The Bertz CT molecular complexity index is 245. The Hall–Kier alpha value is -0.610. The fourth-order valence-electron chi connectivity index (χ4n) is 2.19. The highest BCUT2D eigenvalue weighted by Crippen LogP contribution is 2.35. The smallest absolute Gasteiger partial charge is 0.237 e. The van der Waals surface area contributed by atoms with Crippen molar-refractivity contribution in [3.63, 3.8) is 0 Å². The number of nitrogens with two attached hydrogens (primary N) is 1. The molecule has 1 aliphatic carbocycles. The summed E-state index contributed by atoms with van der Waals surface area (Å²) in [6.07, 6.45) is 5.65. The highest BCUT2D eigenvalue weighted by molar-refractivity contribution is 5.83. The Morgan fingerprint density at radius 1 is 1.38 bits per heavy atom. The molecule has 0 heterocycles. The first-order valence-corrected chi connectivity index (χ1v) is 6.08. The standard InChI is InChI=1S/C12H24N2O2/c1-11(2,10(13)16)14-8-12(9-15)6-4-3-5-7-12/h14-15H,3-9H2,1-2H3,(H2,13,16). The van der Waals surface area contributed by atoms with E-state index >= 15 is 0 Å². The molecule has 4 heteroatoms. The summed E-state index contributed by atoms with van der Waals surface area (Å²) < 4.78 is 0. The van der Waals surface area contributed by atoms with Crippen LogP contribution >= 0.6 is 0 Å². The molecule has 0 bridgehead atoms. The largest absolute Gasteiger partial charge is 0.396 e. The molecule has 0 aromatic heterocycles. The predicted molar refractivity (Wildman–Crippen MR) is 63.9 cm³/mol. The lowest BCUT2D eigenvalue weighted by Crippen LogP contribution is -2.54. The molecule has 1 amide bonds. The minimum absolute atomic E-state index is 0.0506. The van der Waals surface area contributed by atoms with Crippen molar-refractivity contribution in [1.29, 1.82) is 0 Å². The summed E-state index contributed by atoms with van der Waals surface area (Å²) in [6.45, 7) is 4.42. The molecular formula is C12H24N2O2. The Morgan fingerprint density at radius 3 is 2.38 bits per heavy atom. The molecule has 0 atom stereocenters. The van der Waals surface area contributed by atoms with Crippen LogP contribution in [-0.2, 0) is 4.79 Å². The maximum atomic E-state index is 11.2. The first kappa shape index (κ1) is 13.5. The summed E-state index contributed by atoms with van der Waals surface area (Å²) in [7, 11) is 0. The molecule has 0 spiro atoms. The van der Waals surface area contributed by atoms with Crippen LogP contribution in [0.1, 0.15) is 46.0 Å². The third-order valence-corrected chi connectivity index (χ3v) is 3.77. The minimum atomic E-state index is -0.695. The van der Waals surface area contributed by atoms with E-state index in [0.717, 1.165) is 12.8 Å². The highest BCUT2D eigenvalue weighted by atomic mass is 16.3. The molecule has 0 radical (unpaired) electrons. The van der Waals surface area contributed by atoms with Crippen LogP contribution in [0.2, 0.25) is 0 Å². The Kier molecular flexibility index (Phi) is 4.33. The third kappa shape index (κ3) is 3.19. The molecule has 94 valence electrons. The fraction of sp³-hybridized carbons (Fsp3) is 0.917. The number of hydrogen-bond acceptors (Lipinski definition) is 3. The van der Waals surface area contributed by atoms with E-state index in [1.54, 1.807) is 13.8 Å². The van der Waals surface area contributed by atoms with E-state index < -0.39 is 5.54 Å². The number of rotatable bonds is 5. The molecule has 1 fully saturated rings. The molecule has 0 unspecified atom stereocenters. The van der Waals surface area contributed by atoms with E-state index in [-0.39, 0.29) is 17.9 Å². The molecule has 4 nitrogen and oxygen atoms in total. The van der Waals surface area contributed by atoms with Crippen LogP contribution in [0, 0.1) is 5.41 Å². The summed E-state index contributed by atoms with van der Waals surface area (Å²) >= 11 is 0. The molecule has 0 aliphatic heterocycles. The van der Waals surface area contributed by atoms with Gasteiger partial charge >= 0.3 is 0 Å².